The number of aromatic nitrogens is 2. The van der Waals surface area contributed by atoms with E-state index in [0.717, 1.165) is 0 Å². The standard InChI is InChI=1S/C15H10N2O3/c18-13-11-8-4-5-9-12(11)14(17-16-13)20-15(19)10-6-2-1-3-7-10/h1-9H,(H,16,18). The van der Waals surface area contributed by atoms with Gasteiger partial charge in [-0.1, -0.05) is 30.3 Å². The minimum Gasteiger partial charge on any atom is -0.402 e. The first kappa shape index (κ1) is 12.1. The lowest BCUT2D eigenvalue weighted by molar-refractivity contribution is 0.0728. The number of hydrogen-bond donors (Lipinski definition) is 1. The maximum atomic E-state index is 12.0. The molecule has 98 valence electrons. The number of fused-ring (bicyclic) bond motifs is 1. The number of hydrogen-bond acceptors (Lipinski definition) is 4. The molecule has 2 aromatic carbocycles. The summed E-state index contributed by atoms with van der Waals surface area (Å²) in [5.74, 6) is -0.427. The third-order valence-electron chi connectivity index (χ3n) is 2.86. The smallest absolute Gasteiger partial charge is 0.344 e. The lowest BCUT2D eigenvalue weighted by atomic mass is 10.2. The molecule has 0 fully saturated rings. The Morgan fingerprint density at radius 3 is 2.35 bits per heavy atom. The summed E-state index contributed by atoms with van der Waals surface area (Å²) < 4.78 is 5.25. The quantitative estimate of drug-likeness (QED) is 0.721. The zero-order valence-corrected chi connectivity index (χ0v) is 10.4. The number of nitrogens with one attached hydrogen (secondary N) is 1. The van der Waals surface area contributed by atoms with Crippen molar-refractivity contribution in [3.8, 4) is 5.88 Å². The molecule has 0 saturated carbocycles. The molecule has 1 aromatic heterocycles. The second-order valence-corrected chi connectivity index (χ2v) is 4.16. The van der Waals surface area contributed by atoms with Crippen LogP contribution in [0.4, 0.5) is 0 Å². The number of aromatic amines is 1. The lowest BCUT2D eigenvalue weighted by Gasteiger charge is -2.05. The van der Waals surface area contributed by atoms with Crippen molar-refractivity contribution >= 4 is 16.7 Å². The summed E-state index contributed by atoms with van der Waals surface area (Å²) >= 11 is 0. The third-order valence-corrected chi connectivity index (χ3v) is 2.86. The first-order chi connectivity index (χ1) is 9.75. The topological polar surface area (TPSA) is 72.0 Å². The van der Waals surface area contributed by atoms with E-state index in [0.29, 0.717) is 16.3 Å². The maximum absolute atomic E-state index is 12.0. The van der Waals surface area contributed by atoms with Gasteiger partial charge in [0.25, 0.3) is 5.56 Å². The first-order valence-corrected chi connectivity index (χ1v) is 6.00. The molecule has 1 N–H and O–H groups in total. The van der Waals surface area contributed by atoms with Gasteiger partial charge in [-0.05, 0) is 24.3 Å². The van der Waals surface area contributed by atoms with E-state index >= 15 is 0 Å². The molecule has 0 atom stereocenters. The van der Waals surface area contributed by atoms with Gasteiger partial charge in [-0.25, -0.2) is 9.89 Å². The van der Waals surface area contributed by atoms with E-state index < -0.39 is 5.97 Å². The summed E-state index contributed by atoms with van der Waals surface area (Å²) in [7, 11) is 0. The first-order valence-electron chi connectivity index (χ1n) is 6.00. The molecule has 0 radical (unpaired) electrons. The molecular formula is C15H10N2O3. The maximum Gasteiger partial charge on any atom is 0.344 e. The van der Waals surface area contributed by atoms with Crippen molar-refractivity contribution in [1.82, 2.24) is 10.2 Å². The van der Waals surface area contributed by atoms with E-state index in [-0.39, 0.29) is 11.4 Å². The molecule has 0 aliphatic heterocycles. The van der Waals surface area contributed by atoms with Crippen LogP contribution >= 0.6 is 0 Å². The van der Waals surface area contributed by atoms with Crippen LogP contribution in [0.2, 0.25) is 0 Å². The van der Waals surface area contributed by atoms with Gasteiger partial charge in [0.15, 0.2) is 0 Å². The van der Waals surface area contributed by atoms with Gasteiger partial charge in [0, 0.05) is 0 Å². The van der Waals surface area contributed by atoms with Gasteiger partial charge in [-0.3, -0.25) is 4.79 Å². The Kier molecular flexibility index (Phi) is 3.01. The monoisotopic (exact) mass is 266 g/mol. The van der Waals surface area contributed by atoms with E-state index in [1.165, 1.54) is 0 Å². The minimum absolute atomic E-state index is 0.0917. The highest BCUT2D eigenvalue weighted by atomic mass is 16.5. The molecule has 0 aliphatic carbocycles. The zero-order chi connectivity index (χ0) is 13.9. The molecule has 3 rings (SSSR count). The number of esters is 1. The molecule has 5 heteroatoms. The summed E-state index contributed by atoms with van der Waals surface area (Å²) in [6.45, 7) is 0. The van der Waals surface area contributed by atoms with E-state index in [9.17, 15) is 9.59 Å². The molecule has 20 heavy (non-hydrogen) atoms. The van der Waals surface area contributed by atoms with Crippen LogP contribution in [0.1, 0.15) is 10.4 Å². The highest BCUT2D eigenvalue weighted by Gasteiger charge is 2.12. The van der Waals surface area contributed by atoms with Crippen LogP contribution in [0.5, 0.6) is 5.88 Å². The molecule has 1 heterocycles. The average molecular weight is 266 g/mol. The Morgan fingerprint density at radius 2 is 1.60 bits per heavy atom. The van der Waals surface area contributed by atoms with Gasteiger partial charge in [-0.15, -0.1) is 5.10 Å². The lowest BCUT2D eigenvalue weighted by Crippen LogP contribution is -2.14. The zero-order valence-electron chi connectivity index (χ0n) is 10.4. The van der Waals surface area contributed by atoms with Crippen LogP contribution in [-0.2, 0) is 0 Å². The highest BCUT2D eigenvalue weighted by Crippen LogP contribution is 2.20. The van der Waals surface area contributed by atoms with E-state index in [1.807, 2.05) is 6.07 Å². The van der Waals surface area contributed by atoms with Gasteiger partial charge in [0.1, 0.15) is 0 Å². The Morgan fingerprint density at radius 1 is 0.950 bits per heavy atom. The second kappa shape index (κ2) is 4.97. The van der Waals surface area contributed by atoms with Gasteiger partial charge >= 0.3 is 5.97 Å². The SMILES string of the molecule is O=C(Oc1n[nH]c(=O)c2ccccc12)c1ccccc1. The Labute approximate surface area is 113 Å². The number of carbonyl (C=O) groups excluding carboxylic acids is 1. The fourth-order valence-corrected chi connectivity index (χ4v) is 1.89. The molecule has 0 bridgehead atoms. The van der Waals surface area contributed by atoms with Crippen molar-refractivity contribution in [3.05, 3.63) is 70.5 Å². The van der Waals surface area contributed by atoms with Crippen LogP contribution in [0.25, 0.3) is 10.8 Å². The number of rotatable bonds is 2. The predicted octanol–water partition coefficient (Wildman–Crippen LogP) is 2.14. The van der Waals surface area contributed by atoms with Gasteiger partial charge in [-0.2, -0.15) is 0 Å². The minimum atomic E-state index is -0.518. The molecule has 0 aliphatic rings. The Bertz CT molecular complexity index is 825. The van der Waals surface area contributed by atoms with Crippen LogP contribution in [-0.4, -0.2) is 16.2 Å². The van der Waals surface area contributed by atoms with E-state index in [4.69, 9.17) is 4.74 Å². The molecule has 3 aromatic rings. The summed E-state index contributed by atoms with van der Waals surface area (Å²) in [5.41, 5.74) is 0.102. The van der Waals surface area contributed by atoms with Crippen molar-refractivity contribution < 1.29 is 9.53 Å². The summed E-state index contributed by atoms with van der Waals surface area (Å²) in [6.07, 6.45) is 0. The predicted molar refractivity (Wildman–Crippen MR) is 73.8 cm³/mol. The van der Waals surface area contributed by atoms with Crippen molar-refractivity contribution in [2.75, 3.05) is 0 Å². The molecule has 0 amide bonds. The van der Waals surface area contributed by atoms with Gasteiger partial charge in [0.05, 0.1) is 16.3 Å². The molecule has 0 unspecified atom stereocenters. The van der Waals surface area contributed by atoms with E-state index in [1.54, 1.807) is 48.5 Å². The molecular weight excluding hydrogens is 256 g/mol. The summed E-state index contributed by atoms with van der Waals surface area (Å²) in [6, 6.07) is 15.4. The molecule has 5 nitrogen and oxygen atoms in total. The number of ether oxygens (including phenoxy) is 1. The van der Waals surface area contributed by atoms with Crippen molar-refractivity contribution in [1.29, 1.82) is 0 Å². The number of nitrogens with zero attached hydrogens (tertiary/aromatic N) is 1. The molecule has 0 spiro atoms. The number of carbonyl (C=O) groups is 1. The van der Waals surface area contributed by atoms with E-state index in [2.05, 4.69) is 10.2 Å². The number of H-pyrrole nitrogens is 1. The normalized spacial score (nSPS) is 10.4. The van der Waals surface area contributed by atoms with Crippen LogP contribution < -0.4 is 10.3 Å². The van der Waals surface area contributed by atoms with Crippen molar-refractivity contribution in [2.24, 2.45) is 0 Å². The third kappa shape index (κ3) is 2.16. The van der Waals surface area contributed by atoms with Gasteiger partial charge in [0.2, 0.25) is 5.88 Å². The summed E-state index contributed by atoms with van der Waals surface area (Å²) in [5, 5.41) is 7.04. The van der Waals surface area contributed by atoms with Crippen LogP contribution in [0.15, 0.2) is 59.4 Å². The fraction of sp³-hybridized carbons (Fsp3) is 0. The largest absolute Gasteiger partial charge is 0.402 e. The Balaban J connectivity index is 2.02. The second-order valence-electron chi connectivity index (χ2n) is 4.16. The fourth-order valence-electron chi connectivity index (χ4n) is 1.89. The van der Waals surface area contributed by atoms with Gasteiger partial charge < -0.3 is 4.74 Å². The van der Waals surface area contributed by atoms with Crippen molar-refractivity contribution in [2.45, 2.75) is 0 Å². The highest BCUT2D eigenvalue weighted by molar-refractivity contribution is 5.94. The summed E-state index contributed by atoms with van der Waals surface area (Å²) in [4.78, 5) is 23.6. The molecule has 0 saturated heterocycles. The number of benzene rings is 2. The van der Waals surface area contributed by atoms with Crippen LogP contribution in [0.3, 0.4) is 0 Å². The van der Waals surface area contributed by atoms with Crippen molar-refractivity contribution in [3.63, 3.8) is 0 Å². The van der Waals surface area contributed by atoms with Crippen LogP contribution in [0, 0.1) is 0 Å². The Hall–Kier alpha value is -2.95. The average Bonchev–Trinajstić information content (AvgIpc) is 2.51.